The first-order valence-electron chi connectivity index (χ1n) is 10.6. The van der Waals surface area contributed by atoms with Crippen molar-refractivity contribution in [1.82, 2.24) is 19.7 Å². The van der Waals surface area contributed by atoms with E-state index in [0.29, 0.717) is 34.9 Å². The number of nitrogens with zero attached hydrogens (tertiary/aromatic N) is 6. The van der Waals surface area contributed by atoms with Gasteiger partial charge in [-0.2, -0.15) is 23.5 Å². The van der Waals surface area contributed by atoms with Crippen LogP contribution in [0.5, 0.6) is 5.75 Å². The van der Waals surface area contributed by atoms with Crippen LogP contribution in [0.1, 0.15) is 21.6 Å². The van der Waals surface area contributed by atoms with Gasteiger partial charge in [-0.3, -0.25) is 4.79 Å². The number of halogens is 3. The topological polar surface area (TPSA) is 96.9 Å². The lowest BCUT2D eigenvalue weighted by atomic mass is 10.1. The van der Waals surface area contributed by atoms with E-state index >= 15 is 0 Å². The van der Waals surface area contributed by atoms with Crippen LogP contribution in [-0.4, -0.2) is 38.8 Å². The number of ether oxygens (including phenoxy) is 1. The Bertz CT molecular complexity index is 1510. The van der Waals surface area contributed by atoms with E-state index in [0.717, 1.165) is 17.7 Å². The molecule has 5 rings (SSSR count). The highest BCUT2D eigenvalue weighted by atomic mass is 19.4. The lowest BCUT2D eigenvalue weighted by Crippen LogP contribution is -2.34. The van der Waals surface area contributed by atoms with Gasteiger partial charge in [0.1, 0.15) is 13.2 Å². The zero-order valence-electron chi connectivity index (χ0n) is 18.4. The molecule has 1 amide bonds. The molecule has 8 nitrogen and oxygen atoms in total. The molecule has 11 heteroatoms. The number of nitriles is 1. The highest BCUT2D eigenvalue weighted by Gasteiger charge is 2.31. The largest absolute Gasteiger partial charge is 0.488 e. The number of amides is 1. The van der Waals surface area contributed by atoms with E-state index in [1.54, 1.807) is 17.0 Å². The van der Waals surface area contributed by atoms with E-state index in [2.05, 4.69) is 15.1 Å². The second kappa shape index (κ2) is 8.39. The summed E-state index contributed by atoms with van der Waals surface area (Å²) in [5, 5.41) is 13.4. The molecule has 4 aromatic rings. The van der Waals surface area contributed by atoms with Crippen LogP contribution >= 0.6 is 0 Å². The van der Waals surface area contributed by atoms with E-state index < -0.39 is 11.7 Å². The molecule has 0 atom stereocenters. The van der Waals surface area contributed by atoms with Gasteiger partial charge in [-0.05, 0) is 48.9 Å². The standard InChI is InChI=1S/C24H17F3N6O2/c1-14-10-15(22-29-12-16-11-17(24(25,26)27)3-4-18(16)31-22)2-5-19(14)32-8-9-35-20-13-30-33(7-6-28)21(20)23(32)34/h2-5,10-13H,7-9H2,1H3. The van der Waals surface area contributed by atoms with E-state index in [1.165, 1.54) is 23.1 Å². The molecular formula is C24H17F3N6O2. The summed E-state index contributed by atoms with van der Waals surface area (Å²) in [4.78, 5) is 23.5. The molecule has 0 fully saturated rings. The fourth-order valence-corrected chi connectivity index (χ4v) is 4.03. The molecule has 0 unspecified atom stereocenters. The lowest BCUT2D eigenvalue weighted by molar-refractivity contribution is -0.137. The van der Waals surface area contributed by atoms with Crippen molar-refractivity contribution < 1.29 is 22.7 Å². The average molecular weight is 478 g/mol. The van der Waals surface area contributed by atoms with Crippen LogP contribution in [0.15, 0.2) is 48.8 Å². The second-order valence-corrected chi connectivity index (χ2v) is 7.94. The minimum atomic E-state index is -4.44. The summed E-state index contributed by atoms with van der Waals surface area (Å²) in [6.45, 7) is 2.31. The zero-order valence-corrected chi connectivity index (χ0v) is 18.4. The molecule has 176 valence electrons. The maximum Gasteiger partial charge on any atom is 0.416 e. The molecule has 2 aromatic carbocycles. The Labute approximate surface area is 197 Å². The molecule has 0 aliphatic carbocycles. The third-order valence-electron chi connectivity index (χ3n) is 5.70. The van der Waals surface area contributed by atoms with Crippen LogP contribution in [0, 0.1) is 18.3 Å². The Kier molecular flexibility index (Phi) is 5.36. The highest BCUT2D eigenvalue weighted by Crippen LogP contribution is 2.33. The van der Waals surface area contributed by atoms with Gasteiger partial charge in [0.05, 0.1) is 29.9 Å². The van der Waals surface area contributed by atoms with Gasteiger partial charge in [0.25, 0.3) is 5.91 Å². The Morgan fingerprint density at radius 2 is 2.00 bits per heavy atom. The summed E-state index contributed by atoms with van der Waals surface area (Å²) in [7, 11) is 0. The SMILES string of the molecule is Cc1cc(-c2ncc3cc(C(F)(F)F)ccc3n2)ccc1N1CCOc2cnn(CC#N)c2C1=O. The fourth-order valence-electron chi connectivity index (χ4n) is 4.03. The maximum atomic E-state index is 13.3. The first-order chi connectivity index (χ1) is 16.8. The van der Waals surface area contributed by atoms with Gasteiger partial charge >= 0.3 is 6.18 Å². The summed E-state index contributed by atoms with van der Waals surface area (Å²) in [5.74, 6) is 0.357. The third kappa shape index (κ3) is 4.03. The second-order valence-electron chi connectivity index (χ2n) is 7.94. The quantitative estimate of drug-likeness (QED) is 0.434. The molecule has 1 aliphatic heterocycles. The fraction of sp³-hybridized carbons (Fsp3) is 0.208. The number of carbonyl (C=O) groups is 1. The molecule has 0 N–H and O–H groups in total. The minimum Gasteiger partial charge on any atom is -0.488 e. The van der Waals surface area contributed by atoms with Crippen LogP contribution in [0.3, 0.4) is 0 Å². The first-order valence-corrected chi connectivity index (χ1v) is 10.6. The molecular weight excluding hydrogens is 461 g/mol. The maximum absolute atomic E-state index is 13.3. The molecule has 3 heterocycles. The monoisotopic (exact) mass is 478 g/mol. The zero-order chi connectivity index (χ0) is 24.7. The van der Waals surface area contributed by atoms with Crippen LogP contribution in [0.25, 0.3) is 22.3 Å². The first kappa shape index (κ1) is 22.3. The number of benzene rings is 2. The molecule has 1 aliphatic rings. The number of carbonyl (C=O) groups excluding carboxylic acids is 1. The van der Waals surface area contributed by atoms with Crippen molar-refractivity contribution in [3.05, 3.63) is 65.6 Å². The molecule has 0 radical (unpaired) electrons. The Balaban J connectivity index is 1.48. The number of rotatable bonds is 3. The lowest BCUT2D eigenvalue weighted by Gasteiger charge is -2.22. The van der Waals surface area contributed by atoms with Gasteiger partial charge in [-0.1, -0.05) is 0 Å². The number of fused-ring (bicyclic) bond motifs is 2. The van der Waals surface area contributed by atoms with Crippen molar-refractivity contribution >= 4 is 22.5 Å². The summed E-state index contributed by atoms with van der Waals surface area (Å²) < 4.78 is 45.9. The summed E-state index contributed by atoms with van der Waals surface area (Å²) >= 11 is 0. The summed E-state index contributed by atoms with van der Waals surface area (Å²) in [6, 6.07) is 10.6. The molecule has 0 saturated heterocycles. The van der Waals surface area contributed by atoms with Gasteiger partial charge < -0.3 is 9.64 Å². The van der Waals surface area contributed by atoms with Gasteiger partial charge in [0, 0.05) is 22.8 Å². The van der Waals surface area contributed by atoms with E-state index in [-0.39, 0.29) is 30.1 Å². The van der Waals surface area contributed by atoms with Crippen LogP contribution in [0.4, 0.5) is 18.9 Å². The minimum absolute atomic E-state index is 0.0834. The Morgan fingerprint density at radius 3 is 2.74 bits per heavy atom. The van der Waals surface area contributed by atoms with Crippen molar-refractivity contribution in [2.24, 2.45) is 0 Å². The predicted molar refractivity (Wildman–Crippen MR) is 120 cm³/mol. The number of anilines is 1. The van der Waals surface area contributed by atoms with Gasteiger partial charge in [-0.25, -0.2) is 14.6 Å². The molecule has 35 heavy (non-hydrogen) atoms. The van der Waals surface area contributed by atoms with Gasteiger partial charge in [-0.15, -0.1) is 0 Å². The van der Waals surface area contributed by atoms with Crippen LogP contribution in [-0.2, 0) is 12.7 Å². The molecule has 0 saturated carbocycles. The average Bonchev–Trinajstić information content (AvgIpc) is 3.15. The van der Waals surface area contributed by atoms with Crippen molar-refractivity contribution in [3.63, 3.8) is 0 Å². The van der Waals surface area contributed by atoms with Gasteiger partial charge in [0.2, 0.25) is 0 Å². The molecule has 0 spiro atoms. The number of hydrogen-bond donors (Lipinski definition) is 0. The van der Waals surface area contributed by atoms with Crippen molar-refractivity contribution in [1.29, 1.82) is 5.26 Å². The van der Waals surface area contributed by atoms with Crippen molar-refractivity contribution in [3.8, 4) is 23.2 Å². The van der Waals surface area contributed by atoms with Crippen molar-refractivity contribution in [2.75, 3.05) is 18.1 Å². The number of aromatic nitrogens is 4. The normalized spacial score (nSPS) is 13.8. The molecule has 2 aromatic heterocycles. The predicted octanol–water partition coefficient (Wildman–Crippen LogP) is 4.38. The van der Waals surface area contributed by atoms with E-state index in [1.807, 2.05) is 19.1 Å². The Morgan fingerprint density at radius 1 is 1.17 bits per heavy atom. The number of hydrogen-bond acceptors (Lipinski definition) is 6. The van der Waals surface area contributed by atoms with E-state index in [4.69, 9.17) is 10.00 Å². The van der Waals surface area contributed by atoms with E-state index in [9.17, 15) is 18.0 Å². The van der Waals surface area contributed by atoms with Crippen LogP contribution in [0.2, 0.25) is 0 Å². The van der Waals surface area contributed by atoms with Crippen LogP contribution < -0.4 is 9.64 Å². The number of aryl methyl sites for hydroxylation is 1. The number of alkyl halides is 3. The summed E-state index contributed by atoms with van der Waals surface area (Å²) in [6.07, 6.45) is -1.65. The summed E-state index contributed by atoms with van der Waals surface area (Å²) in [5.41, 5.74) is 1.91. The Hall–Kier alpha value is -4.46. The van der Waals surface area contributed by atoms with Crippen molar-refractivity contribution in [2.45, 2.75) is 19.6 Å². The smallest absolute Gasteiger partial charge is 0.416 e. The third-order valence-corrected chi connectivity index (χ3v) is 5.70. The van der Waals surface area contributed by atoms with Gasteiger partial charge in [0.15, 0.2) is 17.3 Å². The molecule has 0 bridgehead atoms. The highest BCUT2D eigenvalue weighted by molar-refractivity contribution is 6.07.